The molecule has 0 bridgehead atoms. The molecule has 2 aromatic heterocycles. The Morgan fingerprint density at radius 2 is 2.28 bits per heavy atom. The van der Waals surface area contributed by atoms with Gasteiger partial charge in [-0.2, -0.15) is 4.98 Å². The van der Waals surface area contributed by atoms with E-state index in [1.165, 1.54) is 11.8 Å². The Morgan fingerprint density at radius 3 is 2.94 bits per heavy atom. The summed E-state index contributed by atoms with van der Waals surface area (Å²) < 4.78 is 5.64. The first kappa shape index (κ1) is 12.6. The van der Waals surface area contributed by atoms with E-state index in [1.54, 1.807) is 18.5 Å². The van der Waals surface area contributed by atoms with Crippen LogP contribution in [0.15, 0.2) is 35.7 Å². The van der Waals surface area contributed by atoms with Crippen molar-refractivity contribution in [2.24, 2.45) is 0 Å². The van der Waals surface area contributed by atoms with Crippen molar-refractivity contribution in [3.8, 4) is 11.6 Å². The summed E-state index contributed by atoms with van der Waals surface area (Å²) in [6.07, 6.45) is 5.27. The summed E-state index contributed by atoms with van der Waals surface area (Å²) in [7, 11) is 0. The van der Waals surface area contributed by atoms with Crippen LogP contribution >= 0.6 is 11.8 Å². The quantitative estimate of drug-likeness (QED) is 0.660. The molecule has 0 aromatic carbocycles. The zero-order valence-corrected chi connectivity index (χ0v) is 11.1. The average Bonchev–Trinajstić information content (AvgIpc) is 2.40. The number of nitrogens with one attached hydrogen (secondary N) is 1. The Kier molecular flexibility index (Phi) is 4.35. The molecule has 18 heavy (non-hydrogen) atoms. The van der Waals surface area contributed by atoms with Crippen LogP contribution in [0.2, 0.25) is 0 Å². The molecule has 0 saturated heterocycles. The number of hydrogen-bond donors (Lipinski definition) is 1. The van der Waals surface area contributed by atoms with Crippen molar-refractivity contribution in [2.75, 3.05) is 18.1 Å². The largest absolute Gasteiger partial charge is 0.437 e. The molecule has 94 valence electrons. The minimum atomic E-state index is 0.512. The number of rotatable bonds is 5. The smallest absolute Gasteiger partial charge is 0.225 e. The van der Waals surface area contributed by atoms with Gasteiger partial charge in [-0.15, -0.1) is 0 Å². The van der Waals surface area contributed by atoms with Gasteiger partial charge in [-0.1, -0.05) is 11.8 Å². The Labute approximate surface area is 110 Å². The van der Waals surface area contributed by atoms with Crippen molar-refractivity contribution in [3.63, 3.8) is 0 Å². The number of thioether (sulfide) groups is 1. The lowest BCUT2D eigenvalue weighted by atomic mass is 10.4. The molecule has 2 aromatic rings. The van der Waals surface area contributed by atoms with Gasteiger partial charge in [0.1, 0.15) is 11.6 Å². The van der Waals surface area contributed by atoms with Crippen LogP contribution in [0.4, 0.5) is 5.82 Å². The first-order valence-corrected chi connectivity index (χ1v) is 6.79. The highest BCUT2D eigenvalue weighted by Crippen LogP contribution is 2.23. The molecular weight excluding hydrogens is 248 g/mol. The first-order chi connectivity index (χ1) is 8.81. The molecule has 0 fully saturated rings. The molecule has 2 heterocycles. The second kappa shape index (κ2) is 6.20. The summed E-state index contributed by atoms with van der Waals surface area (Å²) in [5.74, 6) is 1.93. The summed E-state index contributed by atoms with van der Waals surface area (Å²) in [5, 5.41) is 3.82. The predicted octanol–water partition coefficient (Wildman–Crippen LogP) is 2.82. The van der Waals surface area contributed by atoms with Gasteiger partial charge in [-0.05, 0) is 25.3 Å². The number of pyridine rings is 1. The van der Waals surface area contributed by atoms with E-state index in [9.17, 15) is 0 Å². The van der Waals surface area contributed by atoms with E-state index in [0.717, 1.165) is 12.4 Å². The van der Waals surface area contributed by atoms with Gasteiger partial charge in [0, 0.05) is 18.8 Å². The molecule has 0 unspecified atom stereocenters. The molecule has 0 spiro atoms. The molecule has 5 nitrogen and oxygen atoms in total. The van der Waals surface area contributed by atoms with Crippen molar-refractivity contribution in [1.29, 1.82) is 0 Å². The van der Waals surface area contributed by atoms with Crippen molar-refractivity contribution in [2.45, 2.75) is 12.1 Å². The number of ether oxygens (including phenoxy) is 1. The summed E-state index contributed by atoms with van der Waals surface area (Å²) in [5.41, 5.74) is 0. The maximum absolute atomic E-state index is 5.64. The van der Waals surface area contributed by atoms with Gasteiger partial charge in [0.05, 0.1) is 6.20 Å². The molecule has 0 aliphatic heterocycles. The van der Waals surface area contributed by atoms with Crippen molar-refractivity contribution in [1.82, 2.24) is 15.0 Å². The Morgan fingerprint density at radius 1 is 1.39 bits per heavy atom. The molecule has 0 radical (unpaired) electrons. The first-order valence-electron chi connectivity index (χ1n) is 5.56. The molecule has 0 amide bonds. The number of nitrogens with zero attached hydrogens (tertiary/aromatic N) is 3. The number of hydrogen-bond acceptors (Lipinski definition) is 6. The van der Waals surface area contributed by atoms with Crippen LogP contribution < -0.4 is 10.1 Å². The summed E-state index contributed by atoms with van der Waals surface area (Å²) in [6.45, 7) is 2.82. The Hall–Kier alpha value is -1.82. The normalized spacial score (nSPS) is 10.1. The zero-order chi connectivity index (χ0) is 12.8. The van der Waals surface area contributed by atoms with Gasteiger partial charge >= 0.3 is 0 Å². The fraction of sp³-hybridized carbons (Fsp3) is 0.250. The van der Waals surface area contributed by atoms with E-state index >= 15 is 0 Å². The minimum absolute atomic E-state index is 0.512. The maximum atomic E-state index is 5.64. The van der Waals surface area contributed by atoms with Gasteiger partial charge in [0.2, 0.25) is 5.88 Å². The SMILES string of the molecule is CCNc1cc(Oc2cccnc2)nc(SC)n1. The lowest BCUT2D eigenvalue weighted by Crippen LogP contribution is -2.02. The van der Waals surface area contributed by atoms with Crippen LogP contribution in [0.5, 0.6) is 11.6 Å². The third kappa shape index (κ3) is 3.33. The second-order valence-electron chi connectivity index (χ2n) is 3.40. The highest BCUT2D eigenvalue weighted by Gasteiger charge is 2.05. The molecule has 0 aliphatic carbocycles. The molecule has 0 aliphatic rings. The summed E-state index contributed by atoms with van der Waals surface area (Å²) in [4.78, 5) is 12.6. The van der Waals surface area contributed by atoms with Crippen LogP contribution in [0, 0.1) is 0 Å². The van der Waals surface area contributed by atoms with Gasteiger partial charge < -0.3 is 10.1 Å². The van der Waals surface area contributed by atoms with Gasteiger partial charge in [-0.25, -0.2) is 4.98 Å². The van der Waals surface area contributed by atoms with Crippen LogP contribution in [-0.4, -0.2) is 27.8 Å². The highest BCUT2D eigenvalue weighted by atomic mass is 32.2. The van der Waals surface area contributed by atoms with Crippen LogP contribution in [0.25, 0.3) is 0 Å². The van der Waals surface area contributed by atoms with Crippen molar-refractivity contribution < 1.29 is 4.74 Å². The van der Waals surface area contributed by atoms with Gasteiger partial charge in [0.25, 0.3) is 0 Å². The highest BCUT2D eigenvalue weighted by molar-refractivity contribution is 7.98. The number of anilines is 1. The van der Waals surface area contributed by atoms with Crippen LogP contribution in [-0.2, 0) is 0 Å². The third-order valence-electron chi connectivity index (χ3n) is 2.08. The van der Waals surface area contributed by atoms with Gasteiger partial charge in [-0.3, -0.25) is 4.98 Å². The lowest BCUT2D eigenvalue weighted by Gasteiger charge is -2.08. The minimum Gasteiger partial charge on any atom is -0.437 e. The van der Waals surface area contributed by atoms with Crippen molar-refractivity contribution in [3.05, 3.63) is 30.6 Å². The fourth-order valence-corrected chi connectivity index (χ4v) is 1.72. The molecule has 6 heteroatoms. The van der Waals surface area contributed by atoms with E-state index in [-0.39, 0.29) is 0 Å². The Balaban J connectivity index is 2.24. The van der Waals surface area contributed by atoms with E-state index in [4.69, 9.17) is 4.74 Å². The predicted molar refractivity (Wildman–Crippen MR) is 72.3 cm³/mol. The van der Waals surface area contributed by atoms with E-state index in [1.807, 2.05) is 25.3 Å². The molecular formula is C12H14N4OS. The Bertz CT molecular complexity index is 507. The van der Waals surface area contributed by atoms with Crippen LogP contribution in [0.1, 0.15) is 6.92 Å². The van der Waals surface area contributed by atoms with Crippen LogP contribution in [0.3, 0.4) is 0 Å². The second-order valence-corrected chi connectivity index (χ2v) is 4.17. The number of aromatic nitrogens is 3. The standard InChI is InChI=1S/C12H14N4OS/c1-3-14-10-7-11(16-12(15-10)18-2)17-9-5-4-6-13-8-9/h4-8H,3H2,1-2H3,(H,14,15,16). The van der Waals surface area contributed by atoms with E-state index in [2.05, 4.69) is 20.3 Å². The van der Waals surface area contributed by atoms with E-state index < -0.39 is 0 Å². The summed E-state index contributed by atoms with van der Waals surface area (Å²) in [6, 6.07) is 5.42. The fourth-order valence-electron chi connectivity index (χ4n) is 1.35. The average molecular weight is 262 g/mol. The van der Waals surface area contributed by atoms with Crippen molar-refractivity contribution >= 4 is 17.6 Å². The maximum Gasteiger partial charge on any atom is 0.225 e. The third-order valence-corrected chi connectivity index (χ3v) is 2.63. The molecule has 2 rings (SSSR count). The molecule has 0 saturated carbocycles. The zero-order valence-electron chi connectivity index (χ0n) is 10.3. The van der Waals surface area contributed by atoms with E-state index in [0.29, 0.717) is 16.8 Å². The topological polar surface area (TPSA) is 59.9 Å². The summed E-state index contributed by atoms with van der Waals surface area (Å²) >= 11 is 1.48. The van der Waals surface area contributed by atoms with Gasteiger partial charge in [0.15, 0.2) is 5.16 Å². The monoisotopic (exact) mass is 262 g/mol. The molecule has 0 atom stereocenters. The molecule has 1 N–H and O–H groups in total. The lowest BCUT2D eigenvalue weighted by molar-refractivity contribution is 0.454.